The van der Waals surface area contributed by atoms with Gasteiger partial charge >= 0.3 is 0 Å². The van der Waals surface area contributed by atoms with E-state index in [1.54, 1.807) is 0 Å². The molecule has 5 rings (SSSR count). The van der Waals surface area contributed by atoms with Gasteiger partial charge in [-0.1, -0.05) is 147 Å². The third-order valence-corrected chi connectivity index (χ3v) is 10.9. The molecule has 194 valence electrons. The van der Waals surface area contributed by atoms with E-state index in [0.717, 1.165) is 0 Å². The molecule has 0 heteroatoms. The maximum atomic E-state index is 2.60. The molecule has 3 fully saturated rings. The Morgan fingerprint density at radius 3 is 0.706 bits per heavy atom. The van der Waals surface area contributed by atoms with Crippen molar-refractivity contribution >= 4 is 0 Å². The smallest absolute Gasteiger partial charge is 0.00337 e. The average Bonchev–Trinajstić information content (AvgIpc) is 3.11. The topological polar surface area (TPSA) is 0 Å². The van der Waals surface area contributed by atoms with E-state index in [9.17, 15) is 0 Å². The standard InChI is InChI=1S/C34H58/c1-27(2,3)19-21-22-20(28(4,5)6)24(30(10,11)12)26-33(21,31(13,14)15)25(23(19)29(7,8)9)34(22,26)32(16,17)18/h21-22,25-26H,1-18H3. The van der Waals surface area contributed by atoms with E-state index in [4.69, 9.17) is 0 Å². The highest BCUT2D eigenvalue weighted by Gasteiger charge is 2.94. The van der Waals surface area contributed by atoms with E-state index in [2.05, 4.69) is 125 Å². The van der Waals surface area contributed by atoms with Crippen molar-refractivity contribution in [2.24, 2.45) is 67.0 Å². The molecule has 0 aromatic heterocycles. The molecule has 0 aromatic carbocycles. The van der Waals surface area contributed by atoms with Gasteiger partial charge in [-0.3, -0.25) is 0 Å². The first-order valence-corrected chi connectivity index (χ1v) is 14.2. The van der Waals surface area contributed by atoms with Crippen molar-refractivity contribution in [3.05, 3.63) is 22.3 Å². The molecule has 3 saturated carbocycles. The van der Waals surface area contributed by atoms with Crippen molar-refractivity contribution in [3.63, 3.8) is 0 Å². The third kappa shape index (κ3) is 2.63. The minimum absolute atomic E-state index is 0.206. The highest BCUT2D eigenvalue weighted by Crippen LogP contribution is 2.99. The van der Waals surface area contributed by atoms with Crippen LogP contribution < -0.4 is 0 Å². The Balaban J connectivity index is 2.23. The molecule has 5 aliphatic carbocycles. The van der Waals surface area contributed by atoms with Crippen LogP contribution in [-0.4, -0.2) is 0 Å². The lowest BCUT2D eigenvalue weighted by Crippen LogP contribution is -2.68. The van der Waals surface area contributed by atoms with E-state index in [1.165, 1.54) is 0 Å². The zero-order valence-electron chi connectivity index (χ0n) is 26.3. The summed E-state index contributed by atoms with van der Waals surface area (Å²) in [5.41, 5.74) is 9.44. The van der Waals surface area contributed by atoms with Gasteiger partial charge in [0.1, 0.15) is 0 Å². The van der Waals surface area contributed by atoms with Crippen molar-refractivity contribution in [1.29, 1.82) is 0 Å². The largest absolute Gasteiger partial charge is 0.0604 e. The van der Waals surface area contributed by atoms with Crippen molar-refractivity contribution in [2.45, 2.75) is 125 Å². The number of rotatable bonds is 0. The van der Waals surface area contributed by atoms with Crippen LogP contribution in [0.15, 0.2) is 22.3 Å². The first kappa shape index (κ1) is 26.5. The van der Waals surface area contributed by atoms with E-state index < -0.39 is 0 Å². The predicted molar refractivity (Wildman–Crippen MR) is 150 cm³/mol. The van der Waals surface area contributed by atoms with Crippen LogP contribution in [-0.2, 0) is 0 Å². The fraction of sp³-hybridized carbons (Fsp3) is 0.882. The third-order valence-electron chi connectivity index (χ3n) is 10.9. The summed E-state index contributed by atoms with van der Waals surface area (Å²) in [4.78, 5) is 0. The highest BCUT2D eigenvalue weighted by atomic mass is 15.0. The molecule has 0 spiro atoms. The van der Waals surface area contributed by atoms with Crippen LogP contribution in [0.4, 0.5) is 0 Å². The molecule has 0 amide bonds. The summed E-state index contributed by atoms with van der Waals surface area (Å²) < 4.78 is 0. The van der Waals surface area contributed by atoms with Crippen LogP contribution in [0, 0.1) is 67.0 Å². The molecule has 34 heavy (non-hydrogen) atoms. The van der Waals surface area contributed by atoms with Gasteiger partial charge in [-0.2, -0.15) is 0 Å². The molecule has 0 aromatic rings. The summed E-state index contributed by atoms with van der Waals surface area (Å²) in [6, 6.07) is 0. The molecular weight excluding hydrogens is 408 g/mol. The molecule has 5 aliphatic rings. The summed E-state index contributed by atoms with van der Waals surface area (Å²) in [5, 5.41) is 0. The van der Waals surface area contributed by atoms with Crippen molar-refractivity contribution in [1.82, 2.24) is 0 Å². The van der Waals surface area contributed by atoms with E-state index in [1.807, 2.05) is 22.3 Å². The minimum Gasteiger partial charge on any atom is -0.0604 e. The van der Waals surface area contributed by atoms with Gasteiger partial charge in [0.2, 0.25) is 0 Å². The van der Waals surface area contributed by atoms with Crippen molar-refractivity contribution in [2.75, 3.05) is 0 Å². The van der Waals surface area contributed by atoms with Crippen LogP contribution in [0.3, 0.4) is 0 Å². The van der Waals surface area contributed by atoms with Crippen LogP contribution in [0.2, 0.25) is 0 Å². The molecule has 0 saturated heterocycles. The Bertz CT molecular complexity index is 876. The predicted octanol–water partition coefficient (Wildman–Crippen LogP) is 10.3. The summed E-state index contributed by atoms with van der Waals surface area (Å²) in [6.07, 6.45) is 0. The molecule has 0 aliphatic heterocycles. The molecule has 2 atom stereocenters. The Morgan fingerprint density at radius 1 is 0.353 bits per heavy atom. The zero-order valence-corrected chi connectivity index (χ0v) is 26.3. The average molecular weight is 467 g/mol. The lowest BCUT2D eigenvalue weighted by atomic mass is 9.31. The Morgan fingerprint density at radius 2 is 0.559 bits per heavy atom. The van der Waals surface area contributed by atoms with Crippen LogP contribution in [0.5, 0.6) is 0 Å². The van der Waals surface area contributed by atoms with Gasteiger partial charge in [0, 0.05) is 0 Å². The van der Waals surface area contributed by atoms with Gasteiger partial charge in [0.05, 0.1) is 0 Å². The molecular formula is C34H58. The van der Waals surface area contributed by atoms with E-state index >= 15 is 0 Å². The Kier molecular flexibility index (Phi) is 4.92. The second kappa shape index (κ2) is 6.30. The van der Waals surface area contributed by atoms with Gasteiger partial charge in [-0.05, 0) is 67.0 Å². The van der Waals surface area contributed by atoms with Gasteiger partial charge < -0.3 is 0 Å². The Hall–Kier alpha value is -0.520. The molecule has 6 bridgehead atoms. The Labute approximate surface area is 213 Å². The summed E-state index contributed by atoms with van der Waals surface area (Å²) >= 11 is 0. The first-order valence-electron chi connectivity index (χ1n) is 14.2. The normalized spacial score (nSPS) is 38.3. The molecule has 2 unspecified atom stereocenters. The fourth-order valence-corrected chi connectivity index (χ4v) is 10.8. The maximum Gasteiger partial charge on any atom is -0.00337 e. The summed E-state index contributed by atoms with van der Waals surface area (Å²) in [5.74, 6) is 2.73. The maximum absolute atomic E-state index is 2.60. The fourth-order valence-electron chi connectivity index (χ4n) is 10.8. The summed E-state index contributed by atoms with van der Waals surface area (Å²) in [7, 11) is 0. The zero-order chi connectivity index (χ0) is 26.6. The number of allylic oxidation sites excluding steroid dienone is 4. The number of hydrogen-bond acceptors (Lipinski definition) is 0. The monoisotopic (exact) mass is 466 g/mol. The van der Waals surface area contributed by atoms with Gasteiger partial charge in [0.25, 0.3) is 0 Å². The van der Waals surface area contributed by atoms with Gasteiger partial charge in [-0.25, -0.2) is 0 Å². The lowest BCUT2D eigenvalue weighted by Gasteiger charge is -2.72. The first-order chi connectivity index (χ1) is 14.7. The second-order valence-corrected chi connectivity index (χ2v) is 18.8. The van der Waals surface area contributed by atoms with Crippen LogP contribution >= 0.6 is 0 Å². The van der Waals surface area contributed by atoms with E-state index in [0.29, 0.717) is 34.5 Å². The molecule has 0 radical (unpaired) electrons. The molecule has 0 heterocycles. The van der Waals surface area contributed by atoms with Crippen molar-refractivity contribution < 1.29 is 0 Å². The van der Waals surface area contributed by atoms with E-state index in [-0.39, 0.29) is 32.5 Å². The number of hydrogen-bond donors (Lipinski definition) is 0. The minimum atomic E-state index is 0.206. The second-order valence-electron chi connectivity index (χ2n) is 18.8. The van der Waals surface area contributed by atoms with Crippen LogP contribution in [0.1, 0.15) is 125 Å². The quantitative estimate of drug-likeness (QED) is 0.311. The van der Waals surface area contributed by atoms with Crippen LogP contribution in [0.25, 0.3) is 0 Å². The SMILES string of the molecule is CC(C)(C)C1=C(C(C)(C)C)C2C3(C(C)(C)C)C1C1C(C(C)(C)C)=C(C(C)(C)C)C3C12C(C)(C)C. The molecule has 0 N–H and O–H groups in total. The lowest BCUT2D eigenvalue weighted by molar-refractivity contribution is -0.212. The summed E-state index contributed by atoms with van der Waals surface area (Å²) in [6.45, 7) is 45.8. The van der Waals surface area contributed by atoms with Crippen molar-refractivity contribution in [3.8, 4) is 0 Å². The highest BCUT2D eigenvalue weighted by molar-refractivity contribution is 5.64. The molecule has 0 nitrogen and oxygen atoms in total. The van der Waals surface area contributed by atoms with Gasteiger partial charge in [-0.15, -0.1) is 0 Å². The van der Waals surface area contributed by atoms with Gasteiger partial charge in [0.15, 0.2) is 0 Å².